The Labute approximate surface area is 105 Å². The Hall–Kier alpha value is -1.48. The van der Waals surface area contributed by atoms with Crippen molar-refractivity contribution < 1.29 is 4.79 Å². The van der Waals surface area contributed by atoms with Gasteiger partial charge >= 0.3 is 0 Å². The van der Waals surface area contributed by atoms with Gasteiger partial charge in [0, 0.05) is 17.3 Å². The van der Waals surface area contributed by atoms with Crippen LogP contribution >= 0.6 is 11.6 Å². The molecule has 2 N–H and O–H groups in total. The number of carbonyl (C=O) groups excluding carboxylic acids is 1. The molecular formula is C13H13ClN2O. The van der Waals surface area contributed by atoms with E-state index in [4.69, 9.17) is 11.6 Å². The molecule has 4 heteroatoms. The summed E-state index contributed by atoms with van der Waals surface area (Å²) in [5, 5.41) is 6.75. The van der Waals surface area contributed by atoms with E-state index in [1.165, 1.54) is 0 Å². The molecule has 0 fully saturated rings. The molecule has 0 saturated heterocycles. The summed E-state index contributed by atoms with van der Waals surface area (Å²) >= 11 is 5.93. The topological polar surface area (TPSA) is 41.1 Å². The van der Waals surface area contributed by atoms with E-state index in [-0.39, 0.29) is 11.8 Å². The van der Waals surface area contributed by atoms with Crippen molar-refractivity contribution in [2.75, 3.05) is 11.9 Å². The summed E-state index contributed by atoms with van der Waals surface area (Å²) in [7, 11) is 0. The highest BCUT2D eigenvalue weighted by atomic mass is 35.5. The van der Waals surface area contributed by atoms with Crippen LogP contribution in [0.3, 0.4) is 0 Å². The average Bonchev–Trinajstić information content (AvgIpc) is 2.65. The minimum Gasteiger partial charge on any atom is -0.391 e. The maximum absolute atomic E-state index is 12.0. The highest BCUT2D eigenvalue weighted by molar-refractivity contribution is 6.31. The second-order valence-electron chi connectivity index (χ2n) is 4.43. The highest BCUT2D eigenvalue weighted by Crippen LogP contribution is 2.40. The summed E-state index contributed by atoms with van der Waals surface area (Å²) < 4.78 is 0. The molecule has 0 spiro atoms. The Morgan fingerprint density at radius 1 is 1.35 bits per heavy atom. The number of halogens is 1. The van der Waals surface area contributed by atoms with E-state index in [2.05, 4.69) is 10.6 Å². The Kier molecular flexibility index (Phi) is 2.56. The predicted octanol–water partition coefficient (Wildman–Crippen LogP) is 2.64. The summed E-state index contributed by atoms with van der Waals surface area (Å²) in [6.07, 6.45) is 4.04. The summed E-state index contributed by atoms with van der Waals surface area (Å²) in [6, 6.07) is 5.59. The quantitative estimate of drug-likeness (QED) is 0.802. The van der Waals surface area contributed by atoms with Crippen LogP contribution in [-0.2, 0) is 4.79 Å². The van der Waals surface area contributed by atoms with E-state index < -0.39 is 0 Å². The Balaban J connectivity index is 2.02. The van der Waals surface area contributed by atoms with Crippen molar-refractivity contribution in [3.05, 3.63) is 40.6 Å². The van der Waals surface area contributed by atoms with Crippen LogP contribution in [0.1, 0.15) is 24.3 Å². The fraction of sp³-hybridized carbons (Fsp3) is 0.308. The fourth-order valence-corrected chi connectivity index (χ4v) is 2.67. The lowest BCUT2D eigenvalue weighted by Crippen LogP contribution is -2.21. The lowest BCUT2D eigenvalue weighted by molar-refractivity contribution is -0.116. The number of nitrogens with one attached hydrogen (secondary N) is 2. The van der Waals surface area contributed by atoms with Crippen LogP contribution in [0.4, 0.5) is 5.69 Å². The van der Waals surface area contributed by atoms with Crippen molar-refractivity contribution in [2.24, 2.45) is 0 Å². The summed E-state index contributed by atoms with van der Waals surface area (Å²) in [5.74, 6) is -0.0905. The Morgan fingerprint density at radius 3 is 3.00 bits per heavy atom. The summed E-state index contributed by atoms with van der Waals surface area (Å²) in [6.45, 7) is 0.991. The van der Waals surface area contributed by atoms with Gasteiger partial charge in [-0.25, -0.2) is 0 Å². The number of fused-ring (bicyclic) bond motifs is 1. The van der Waals surface area contributed by atoms with Crippen LogP contribution < -0.4 is 10.6 Å². The van der Waals surface area contributed by atoms with Crippen LogP contribution in [0.2, 0.25) is 5.02 Å². The van der Waals surface area contributed by atoms with E-state index >= 15 is 0 Å². The molecule has 2 aliphatic heterocycles. The van der Waals surface area contributed by atoms with Crippen LogP contribution in [0.15, 0.2) is 30.0 Å². The number of hydrogen-bond donors (Lipinski definition) is 2. The molecule has 1 aromatic rings. The third kappa shape index (κ3) is 1.80. The predicted molar refractivity (Wildman–Crippen MR) is 68.1 cm³/mol. The fourth-order valence-electron chi connectivity index (χ4n) is 2.50. The van der Waals surface area contributed by atoms with E-state index in [1.807, 2.05) is 24.4 Å². The average molecular weight is 249 g/mol. The Bertz CT molecular complexity index is 510. The van der Waals surface area contributed by atoms with Gasteiger partial charge in [0.15, 0.2) is 0 Å². The van der Waals surface area contributed by atoms with Gasteiger partial charge in [-0.05, 0) is 42.3 Å². The number of benzene rings is 1. The first-order chi connectivity index (χ1) is 8.25. The molecule has 88 valence electrons. The van der Waals surface area contributed by atoms with Crippen molar-refractivity contribution in [2.45, 2.75) is 18.8 Å². The van der Waals surface area contributed by atoms with Gasteiger partial charge in [0.05, 0.1) is 5.92 Å². The zero-order chi connectivity index (χ0) is 11.8. The van der Waals surface area contributed by atoms with E-state index in [9.17, 15) is 4.79 Å². The first-order valence-electron chi connectivity index (χ1n) is 5.78. The molecular weight excluding hydrogens is 236 g/mol. The van der Waals surface area contributed by atoms with Gasteiger partial charge < -0.3 is 10.6 Å². The maximum Gasteiger partial charge on any atom is 0.236 e. The van der Waals surface area contributed by atoms with Gasteiger partial charge in [0.25, 0.3) is 0 Å². The first-order valence-corrected chi connectivity index (χ1v) is 6.16. The normalized spacial score (nSPS) is 22.5. The van der Waals surface area contributed by atoms with Crippen molar-refractivity contribution in [1.82, 2.24) is 5.32 Å². The zero-order valence-corrected chi connectivity index (χ0v) is 10.1. The number of rotatable bonds is 1. The van der Waals surface area contributed by atoms with Gasteiger partial charge in [0.2, 0.25) is 5.91 Å². The number of hydrogen-bond acceptors (Lipinski definition) is 2. The Morgan fingerprint density at radius 2 is 2.24 bits per heavy atom. The molecule has 3 rings (SSSR count). The third-order valence-corrected chi connectivity index (χ3v) is 3.53. The number of carbonyl (C=O) groups is 1. The number of amides is 1. The van der Waals surface area contributed by atoms with Gasteiger partial charge in [-0.3, -0.25) is 4.79 Å². The van der Waals surface area contributed by atoms with Gasteiger partial charge in [-0.2, -0.15) is 0 Å². The minimum atomic E-state index is -0.143. The molecule has 3 nitrogen and oxygen atoms in total. The SMILES string of the molecule is O=C1Nc2cc(Cl)ccc2C1C1=CNCCC1. The lowest BCUT2D eigenvalue weighted by Gasteiger charge is -2.18. The van der Waals surface area contributed by atoms with Crippen LogP contribution in [0.5, 0.6) is 0 Å². The first kappa shape index (κ1) is 10.7. The highest BCUT2D eigenvalue weighted by Gasteiger charge is 2.33. The van der Waals surface area contributed by atoms with Crippen LogP contribution in [0, 0.1) is 0 Å². The third-order valence-electron chi connectivity index (χ3n) is 3.29. The molecule has 1 aromatic carbocycles. The lowest BCUT2D eigenvalue weighted by atomic mass is 9.89. The molecule has 2 aliphatic rings. The van der Waals surface area contributed by atoms with Crippen molar-refractivity contribution in [3.63, 3.8) is 0 Å². The molecule has 17 heavy (non-hydrogen) atoms. The second-order valence-corrected chi connectivity index (χ2v) is 4.87. The second kappa shape index (κ2) is 4.08. The molecule has 2 heterocycles. The van der Waals surface area contributed by atoms with E-state index in [0.29, 0.717) is 5.02 Å². The van der Waals surface area contributed by atoms with E-state index in [0.717, 1.165) is 36.2 Å². The molecule has 1 unspecified atom stereocenters. The molecule has 1 amide bonds. The zero-order valence-electron chi connectivity index (χ0n) is 9.29. The van der Waals surface area contributed by atoms with Crippen LogP contribution in [0.25, 0.3) is 0 Å². The summed E-state index contributed by atoms with van der Waals surface area (Å²) in [4.78, 5) is 12.0. The van der Waals surface area contributed by atoms with Gasteiger partial charge in [-0.1, -0.05) is 17.7 Å². The largest absolute Gasteiger partial charge is 0.391 e. The molecule has 1 atom stereocenters. The van der Waals surface area contributed by atoms with E-state index in [1.54, 1.807) is 0 Å². The molecule has 0 bridgehead atoms. The number of anilines is 1. The molecule has 0 aromatic heterocycles. The standard InChI is InChI=1S/C13H13ClN2O/c14-9-3-4-10-11(6-9)16-13(17)12(10)8-2-1-5-15-7-8/h3-4,6-7,12,15H,1-2,5H2,(H,16,17). The molecule has 0 radical (unpaired) electrons. The van der Waals surface area contributed by atoms with Gasteiger partial charge in [-0.15, -0.1) is 0 Å². The maximum atomic E-state index is 12.0. The van der Waals surface area contributed by atoms with Crippen molar-refractivity contribution in [3.8, 4) is 0 Å². The van der Waals surface area contributed by atoms with Crippen LogP contribution in [-0.4, -0.2) is 12.5 Å². The molecule has 0 aliphatic carbocycles. The molecule has 0 saturated carbocycles. The monoisotopic (exact) mass is 248 g/mol. The smallest absolute Gasteiger partial charge is 0.236 e. The van der Waals surface area contributed by atoms with Gasteiger partial charge in [0.1, 0.15) is 0 Å². The summed E-state index contributed by atoms with van der Waals surface area (Å²) in [5.41, 5.74) is 3.04. The van der Waals surface area contributed by atoms with Crippen molar-refractivity contribution >= 4 is 23.2 Å². The minimum absolute atomic E-state index is 0.0530. The van der Waals surface area contributed by atoms with Crippen molar-refractivity contribution in [1.29, 1.82) is 0 Å².